The first-order chi connectivity index (χ1) is 16.0. The van der Waals surface area contributed by atoms with Gasteiger partial charge in [0.15, 0.2) is 0 Å². The van der Waals surface area contributed by atoms with E-state index in [1.807, 2.05) is 19.9 Å². The van der Waals surface area contributed by atoms with E-state index in [9.17, 15) is 0 Å². The van der Waals surface area contributed by atoms with Crippen LogP contribution in [0.3, 0.4) is 0 Å². The number of nitrogens with zero attached hydrogens (tertiary/aromatic N) is 1. The van der Waals surface area contributed by atoms with Crippen molar-refractivity contribution in [1.82, 2.24) is 4.90 Å². The van der Waals surface area contributed by atoms with Crippen molar-refractivity contribution >= 4 is 39.3 Å². The molecule has 3 nitrogen and oxygen atoms in total. The monoisotopic (exact) mass is 555 g/mol. The number of benzene rings is 2. The summed E-state index contributed by atoms with van der Waals surface area (Å²) >= 11 is 11.4. The zero-order valence-electron chi connectivity index (χ0n) is 20.5. The summed E-state index contributed by atoms with van der Waals surface area (Å²) in [6, 6.07) is 14.9. The third kappa shape index (κ3) is 9.01. The Balaban J connectivity index is 0.00000187. The highest BCUT2D eigenvalue weighted by Gasteiger charge is 2.24. The average molecular weight is 557 g/mol. The number of thioether (sulfide) groups is 1. The van der Waals surface area contributed by atoms with Gasteiger partial charge in [-0.2, -0.15) is 11.8 Å². The summed E-state index contributed by atoms with van der Waals surface area (Å²) in [7, 11) is 0. The largest absolute Gasteiger partial charge is 0.494 e. The molecule has 1 aliphatic heterocycles. The van der Waals surface area contributed by atoms with Crippen molar-refractivity contribution in [2.75, 3.05) is 50.2 Å². The van der Waals surface area contributed by atoms with Crippen LogP contribution in [0, 0.1) is 0 Å². The maximum Gasteiger partial charge on any atom is 0.133 e. The fraction of sp³-hybridized carbons (Fsp3) is 0.556. The van der Waals surface area contributed by atoms with E-state index in [1.54, 1.807) is 0 Å². The van der Waals surface area contributed by atoms with E-state index in [0.717, 1.165) is 42.0 Å². The van der Waals surface area contributed by atoms with Crippen LogP contribution >= 0.6 is 39.3 Å². The number of ether oxygens (including phenoxy) is 2. The minimum Gasteiger partial charge on any atom is -0.494 e. The van der Waals surface area contributed by atoms with Crippen molar-refractivity contribution in [2.24, 2.45) is 0 Å². The molecule has 1 fully saturated rings. The maximum absolute atomic E-state index is 5.99. The summed E-state index contributed by atoms with van der Waals surface area (Å²) in [5, 5.41) is 0. The predicted octanol–water partition coefficient (Wildman–Crippen LogP) is 7.63. The third-order valence-corrected chi connectivity index (χ3v) is 7.59. The van der Waals surface area contributed by atoms with Crippen LogP contribution in [0.1, 0.15) is 51.7 Å². The van der Waals surface area contributed by atoms with E-state index < -0.39 is 0 Å². The lowest BCUT2D eigenvalue weighted by Gasteiger charge is -2.27. The summed E-state index contributed by atoms with van der Waals surface area (Å²) < 4.78 is 12.8. The lowest BCUT2D eigenvalue weighted by molar-refractivity contribution is 0.248. The summed E-state index contributed by atoms with van der Waals surface area (Å²) in [5.74, 6) is 4.94. The van der Waals surface area contributed by atoms with Crippen molar-refractivity contribution in [2.45, 2.75) is 46.0 Å². The molecular weight excluding hydrogens is 518 g/mol. The average Bonchev–Trinajstić information content (AvgIpc) is 2.85. The van der Waals surface area contributed by atoms with Crippen molar-refractivity contribution in [3.63, 3.8) is 0 Å². The fourth-order valence-corrected chi connectivity index (χ4v) is 5.26. The molecule has 1 saturated heterocycles. The van der Waals surface area contributed by atoms with Gasteiger partial charge < -0.3 is 14.4 Å². The van der Waals surface area contributed by atoms with Crippen LogP contribution < -0.4 is 9.47 Å². The zero-order chi connectivity index (χ0) is 24.1. The SMILES string of the molecule is CC.CC(C)(c1ccc(OCCCN2CCSCC2)cc1)c1ccc(OCCCCl)c(Br)c1. The Labute approximate surface area is 218 Å². The number of halogens is 2. The molecule has 1 aliphatic rings. The van der Waals surface area contributed by atoms with Gasteiger partial charge in [0.25, 0.3) is 0 Å². The van der Waals surface area contributed by atoms with Crippen molar-refractivity contribution in [1.29, 1.82) is 0 Å². The van der Waals surface area contributed by atoms with E-state index in [0.29, 0.717) is 12.5 Å². The summed E-state index contributed by atoms with van der Waals surface area (Å²) in [6.45, 7) is 13.4. The Hall–Kier alpha value is -0.880. The van der Waals surface area contributed by atoms with Crippen molar-refractivity contribution in [3.8, 4) is 11.5 Å². The highest BCUT2D eigenvalue weighted by Crippen LogP contribution is 2.36. The van der Waals surface area contributed by atoms with Crippen LogP contribution in [0.15, 0.2) is 46.9 Å². The lowest BCUT2D eigenvalue weighted by atomic mass is 9.78. The lowest BCUT2D eigenvalue weighted by Crippen LogP contribution is -2.33. The molecule has 0 unspecified atom stereocenters. The Morgan fingerprint density at radius 3 is 2.21 bits per heavy atom. The van der Waals surface area contributed by atoms with Gasteiger partial charge in [0.05, 0.1) is 17.7 Å². The van der Waals surface area contributed by atoms with Gasteiger partial charge in [0, 0.05) is 42.4 Å². The van der Waals surface area contributed by atoms with Crippen LogP contribution in [0.4, 0.5) is 0 Å². The van der Waals surface area contributed by atoms with Crippen LogP contribution in [0.25, 0.3) is 0 Å². The maximum atomic E-state index is 5.99. The second kappa shape index (κ2) is 15.2. The van der Waals surface area contributed by atoms with Gasteiger partial charge in [-0.3, -0.25) is 0 Å². The van der Waals surface area contributed by atoms with Crippen molar-refractivity contribution in [3.05, 3.63) is 58.1 Å². The second-order valence-corrected chi connectivity index (χ2v) is 10.8. The van der Waals surface area contributed by atoms with Gasteiger partial charge in [-0.05, 0) is 64.2 Å². The molecule has 0 spiro atoms. The molecule has 0 bridgehead atoms. The molecule has 0 aromatic heterocycles. The molecule has 3 rings (SSSR count). The summed E-state index contributed by atoms with van der Waals surface area (Å²) in [5.41, 5.74) is 2.37. The number of hydrogen-bond donors (Lipinski definition) is 0. The molecular formula is C27H39BrClNO2S. The minimum atomic E-state index is -0.123. The van der Waals surface area contributed by atoms with Gasteiger partial charge in [-0.1, -0.05) is 45.9 Å². The first kappa shape index (κ1) is 28.4. The van der Waals surface area contributed by atoms with E-state index in [4.69, 9.17) is 21.1 Å². The van der Waals surface area contributed by atoms with Crippen LogP contribution in [-0.2, 0) is 5.41 Å². The molecule has 6 heteroatoms. The van der Waals surface area contributed by atoms with Crippen molar-refractivity contribution < 1.29 is 9.47 Å². The molecule has 0 atom stereocenters. The Bertz CT molecular complexity index is 810. The van der Waals surface area contributed by atoms with Gasteiger partial charge in [0.1, 0.15) is 11.5 Å². The Kier molecular flexibility index (Phi) is 13.0. The Morgan fingerprint density at radius 2 is 1.58 bits per heavy atom. The molecule has 1 heterocycles. The van der Waals surface area contributed by atoms with E-state index in [2.05, 4.69) is 82.8 Å². The predicted molar refractivity (Wildman–Crippen MR) is 149 cm³/mol. The number of rotatable bonds is 11. The molecule has 2 aromatic carbocycles. The molecule has 0 aliphatic carbocycles. The van der Waals surface area contributed by atoms with E-state index in [1.165, 1.54) is 35.7 Å². The quantitative estimate of drug-likeness (QED) is 0.209. The Morgan fingerprint density at radius 1 is 0.939 bits per heavy atom. The summed E-state index contributed by atoms with van der Waals surface area (Å²) in [4.78, 5) is 2.54. The van der Waals surface area contributed by atoms with E-state index in [-0.39, 0.29) is 5.41 Å². The number of alkyl halides is 1. The van der Waals surface area contributed by atoms with Crippen LogP contribution in [-0.4, -0.2) is 55.1 Å². The molecule has 184 valence electrons. The molecule has 2 aromatic rings. The fourth-order valence-electron chi connectivity index (χ4n) is 3.68. The summed E-state index contributed by atoms with van der Waals surface area (Å²) in [6.07, 6.45) is 1.92. The highest BCUT2D eigenvalue weighted by atomic mass is 79.9. The van der Waals surface area contributed by atoms with Gasteiger partial charge in [0.2, 0.25) is 0 Å². The standard InChI is InChI=1S/C25H33BrClNO2S.C2H6/c1-25(2,21-7-10-24(23(26)19-21)30-15-3-11-27)20-5-8-22(9-6-20)29-16-4-12-28-13-17-31-18-14-28;1-2/h5-10,19H,3-4,11-18H2,1-2H3;1-2H3. The first-order valence-electron chi connectivity index (χ1n) is 12.0. The van der Waals surface area contributed by atoms with Gasteiger partial charge in [-0.25, -0.2) is 0 Å². The molecule has 0 saturated carbocycles. The normalized spacial score (nSPS) is 14.4. The molecule has 33 heavy (non-hydrogen) atoms. The molecule has 0 N–H and O–H groups in total. The highest BCUT2D eigenvalue weighted by molar-refractivity contribution is 9.10. The van der Waals surface area contributed by atoms with Gasteiger partial charge >= 0.3 is 0 Å². The second-order valence-electron chi connectivity index (χ2n) is 8.34. The van der Waals surface area contributed by atoms with Crippen LogP contribution in [0.2, 0.25) is 0 Å². The first-order valence-corrected chi connectivity index (χ1v) is 14.5. The zero-order valence-corrected chi connectivity index (χ0v) is 23.7. The van der Waals surface area contributed by atoms with Crippen LogP contribution in [0.5, 0.6) is 11.5 Å². The smallest absolute Gasteiger partial charge is 0.133 e. The third-order valence-electron chi connectivity index (χ3n) is 5.76. The van der Waals surface area contributed by atoms with Gasteiger partial charge in [-0.15, -0.1) is 11.6 Å². The van der Waals surface area contributed by atoms with E-state index >= 15 is 0 Å². The topological polar surface area (TPSA) is 21.7 Å². The number of hydrogen-bond acceptors (Lipinski definition) is 4. The molecule has 0 amide bonds. The minimum absolute atomic E-state index is 0.123. The molecule has 0 radical (unpaired) electrons.